The fraction of sp³-hybridized carbons (Fsp3) is 0.200. The van der Waals surface area contributed by atoms with E-state index in [0.717, 1.165) is 5.56 Å². The molecule has 1 heterocycles. The third kappa shape index (κ3) is 1.65. The molecule has 2 rings (SSSR count). The van der Waals surface area contributed by atoms with Crippen LogP contribution in [0.15, 0.2) is 34.9 Å². The highest BCUT2D eigenvalue weighted by molar-refractivity contribution is 5.22. The van der Waals surface area contributed by atoms with Gasteiger partial charge in [-0.25, -0.2) is 0 Å². The molecule has 0 bridgehead atoms. The van der Waals surface area contributed by atoms with Gasteiger partial charge in [0.05, 0.1) is 0 Å². The summed E-state index contributed by atoms with van der Waals surface area (Å²) in [6.45, 7) is 1.77. The highest BCUT2D eigenvalue weighted by atomic mass is 16.5. The van der Waals surface area contributed by atoms with Crippen molar-refractivity contribution in [3.63, 3.8) is 0 Å². The standard InChI is InChI=1S/C10H11N3O/c1-7-12-10(14-13-7)9(11)8-5-3-2-4-6-8/h2-6,9H,11H2,1H3/t9-/m1/s1. The predicted molar refractivity (Wildman–Crippen MR) is 51.5 cm³/mol. The lowest BCUT2D eigenvalue weighted by atomic mass is 10.1. The van der Waals surface area contributed by atoms with E-state index in [4.69, 9.17) is 10.3 Å². The Morgan fingerprint density at radius 3 is 2.57 bits per heavy atom. The number of benzene rings is 1. The topological polar surface area (TPSA) is 64.9 Å². The second-order valence-electron chi connectivity index (χ2n) is 3.07. The van der Waals surface area contributed by atoms with Crippen LogP contribution < -0.4 is 5.73 Å². The van der Waals surface area contributed by atoms with E-state index >= 15 is 0 Å². The molecule has 2 N–H and O–H groups in total. The van der Waals surface area contributed by atoms with E-state index in [0.29, 0.717) is 11.7 Å². The van der Waals surface area contributed by atoms with Gasteiger partial charge in [-0.05, 0) is 12.5 Å². The van der Waals surface area contributed by atoms with Crippen LogP contribution in [0.25, 0.3) is 0 Å². The van der Waals surface area contributed by atoms with Crippen LogP contribution in [0.3, 0.4) is 0 Å². The Morgan fingerprint density at radius 1 is 1.29 bits per heavy atom. The second kappa shape index (κ2) is 3.59. The van der Waals surface area contributed by atoms with Crippen molar-refractivity contribution in [1.29, 1.82) is 0 Å². The molecule has 0 aliphatic heterocycles. The average Bonchev–Trinajstić information content (AvgIpc) is 2.65. The van der Waals surface area contributed by atoms with Crippen LogP contribution in [0.1, 0.15) is 23.3 Å². The number of rotatable bonds is 2. The van der Waals surface area contributed by atoms with Gasteiger partial charge in [-0.1, -0.05) is 35.5 Å². The van der Waals surface area contributed by atoms with E-state index in [2.05, 4.69) is 10.1 Å². The van der Waals surface area contributed by atoms with Gasteiger partial charge in [0.1, 0.15) is 6.04 Å². The van der Waals surface area contributed by atoms with Gasteiger partial charge < -0.3 is 10.3 Å². The van der Waals surface area contributed by atoms with E-state index in [1.165, 1.54) is 0 Å². The number of aromatic nitrogens is 2. The van der Waals surface area contributed by atoms with E-state index < -0.39 is 0 Å². The molecule has 1 atom stereocenters. The second-order valence-corrected chi connectivity index (χ2v) is 3.07. The van der Waals surface area contributed by atoms with Crippen LogP contribution in [0, 0.1) is 6.92 Å². The maximum Gasteiger partial charge on any atom is 0.248 e. The molecule has 72 valence electrons. The molecule has 0 saturated carbocycles. The molecule has 0 amide bonds. The molecule has 0 aliphatic carbocycles. The Hall–Kier alpha value is -1.68. The summed E-state index contributed by atoms with van der Waals surface area (Å²) in [5.74, 6) is 1.06. The molecule has 0 spiro atoms. The maximum absolute atomic E-state index is 5.93. The van der Waals surface area contributed by atoms with Crippen LogP contribution in [0.4, 0.5) is 0 Å². The predicted octanol–water partition coefficient (Wildman–Crippen LogP) is 1.43. The molecular formula is C10H11N3O. The van der Waals surface area contributed by atoms with Crippen molar-refractivity contribution in [3.05, 3.63) is 47.6 Å². The molecule has 1 aromatic carbocycles. The molecule has 0 radical (unpaired) electrons. The molecule has 0 unspecified atom stereocenters. The Bertz CT molecular complexity index is 410. The smallest absolute Gasteiger partial charge is 0.248 e. The fourth-order valence-electron chi connectivity index (χ4n) is 1.24. The van der Waals surface area contributed by atoms with Gasteiger partial charge in [-0.2, -0.15) is 4.98 Å². The van der Waals surface area contributed by atoms with Crippen molar-refractivity contribution in [2.45, 2.75) is 13.0 Å². The zero-order chi connectivity index (χ0) is 9.97. The van der Waals surface area contributed by atoms with Crippen molar-refractivity contribution in [3.8, 4) is 0 Å². The minimum absolute atomic E-state index is 0.336. The minimum Gasteiger partial charge on any atom is -0.337 e. The highest BCUT2D eigenvalue weighted by Gasteiger charge is 2.14. The first kappa shape index (κ1) is 8.90. The van der Waals surface area contributed by atoms with Crippen LogP contribution >= 0.6 is 0 Å². The summed E-state index contributed by atoms with van der Waals surface area (Å²) in [7, 11) is 0. The summed E-state index contributed by atoms with van der Waals surface area (Å²) in [4.78, 5) is 4.08. The lowest BCUT2D eigenvalue weighted by molar-refractivity contribution is 0.364. The molecule has 4 nitrogen and oxygen atoms in total. The van der Waals surface area contributed by atoms with E-state index in [1.54, 1.807) is 6.92 Å². The molecule has 1 aromatic heterocycles. The van der Waals surface area contributed by atoms with Gasteiger partial charge in [0.2, 0.25) is 5.89 Å². The van der Waals surface area contributed by atoms with Gasteiger partial charge in [-0.15, -0.1) is 0 Å². The Morgan fingerprint density at radius 2 is 2.00 bits per heavy atom. The molecule has 0 saturated heterocycles. The SMILES string of the molecule is Cc1noc([C@H](N)c2ccccc2)n1. The Balaban J connectivity index is 2.29. The Kier molecular flexibility index (Phi) is 2.28. The van der Waals surface area contributed by atoms with E-state index in [9.17, 15) is 0 Å². The third-order valence-electron chi connectivity index (χ3n) is 1.97. The maximum atomic E-state index is 5.93. The normalized spacial score (nSPS) is 12.7. The lowest BCUT2D eigenvalue weighted by Crippen LogP contribution is -2.11. The Labute approximate surface area is 81.7 Å². The third-order valence-corrected chi connectivity index (χ3v) is 1.97. The van der Waals surface area contributed by atoms with Gasteiger partial charge in [-0.3, -0.25) is 0 Å². The van der Waals surface area contributed by atoms with Gasteiger partial charge in [0.25, 0.3) is 0 Å². The van der Waals surface area contributed by atoms with Crippen molar-refractivity contribution in [2.75, 3.05) is 0 Å². The van der Waals surface area contributed by atoms with E-state index in [1.807, 2.05) is 30.3 Å². The zero-order valence-corrected chi connectivity index (χ0v) is 7.84. The number of hydrogen-bond donors (Lipinski definition) is 1. The highest BCUT2D eigenvalue weighted by Crippen LogP contribution is 2.16. The van der Waals surface area contributed by atoms with Crippen molar-refractivity contribution < 1.29 is 4.52 Å². The molecule has 4 heteroatoms. The summed E-state index contributed by atoms with van der Waals surface area (Å²) >= 11 is 0. The van der Waals surface area contributed by atoms with Crippen LogP contribution in [-0.4, -0.2) is 10.1 Å². The monoisotopic (exact) mass is 189 g/mol. The molecule has 0 fully saturated rings. The average molecular weight is 189 g/mol. The summed E-state index contributed by atoms with van der Waals surface area (Å²) < 4.78 is 4.99. The van der Waals surface area contributed by atoms with Crippen LogP contribution in [0.2, 0.25) is 0 Å². The molecular weight excluding hydrogens is 178 g/mol. The summed E-state index contributed by atoms with van der Waals surface area (Å²) in [5.41, 5.74) is 6.90. The van der Waals surface area contributed by atoms with Gasteiger partial charge >= 0.3 is 0 Å². The van der Waals surface area contributed by atoms with Crippen LogP contribution in [-0.2, 0) is 0 Å². The van der Waals surface area contributed by atoms with Crippen LogP contribution in [0.5, 0.6) is 0 Å². The fourth-order valence-corrected chi connectivity index (χ4v) is 1.24. The molecule has 14 heavy (non-hydrogen) atoms. The van der Waals surface area contributed by atoms with Crippen molar-refractivity contribution in [1.82, 2.24) is 10.1 Å². The largest absolute Gasteiger partial charge is 0.337 e. The molecule has 2 aromatic rings. The quantitative estimate of drug-likeness (QED) is 0.776. The number of hydrogen-bond acceptors (Lipinski definition) is 4. The van der Waals surface area contributed by atoms with Gasteiger partial charge in [0.15, 0.2) is 5.82 Å². The summed E-state index contributed by atoms with van der Waals surface area (Å²) in [6, 6.07) is 9.33. The first-order valence-corrected chi connectivity index (χ1v) is 4.38. The van der Waals surface area contributed by atoms with Crippen molar-refractivity contribution >= 4 is 0 Å². The zero-order valence-electron chi connectivity index (χ0n) is 7.84. The summed E-state index contributed by atoms with van der Waals surface area (Å²) in [6.07, 6.45) is 0. The molecule has 0 aliphatic rings. The lowest BCUT2D eigenvalue weighted by Gasteiger charge is -2.05. The number of aryl methyl sites for hydroxylation is 1. The van der Waals surface area contributed by atoms with Gasteiger partial charge in [0, 0.05) is 0 Å². The number of nitrogens with two attached hydrogens (primary N) is 1. The summed E-state index contributed by atoms with van der Waals surface area (Å²) in [5, 5.41) is 3.70. The minimum atomic E-state index is -0.336. The first-order chi connectivity index (χ1) is 6.77. The van der Waals surface area contributed by atoms with Crippen molar-refractivity contribution in [2.24, 2.45) is 5.73 Å². The number of nitrogens with zero attached hydrogens (tertiary/aromatic N) is 2. The van der Waals surface area contributed by atoms with E-state index in [-0.39, 0.29) is 6.04 Å². The first-order valence-electron chi connectivity index (χ1n) is 4.38.